The molecule has 0 aromatic carbocycles. The van der Waals surface area contributed by atoms with Gasteiger partial charge in [-0.3, -0.25) is 9.59 Å². The Morgan fingerprint density at radius 1 is 0.950 bits per heavy atom. The number of carbonyl (C=O) groups excluding carboxylic acids is 2. The van der Waals surface area contributed by atoms with Crippen LogP contribution in [0.25, 0.3) is 0 Å². The van der Waals surface area contributed by atoms with E-state index in [0.717, 1.165) is 25.7 Å². The van der Waals surface area contributed by atoms with Gasteiger partial charge in [0.15, 0.2) is 0 Å². The molecule has 6 heteroatoms. The van der Waals surface area contributed by atoms with Crippen LogP contribution in [0.1, 0.15) is 59.3 Å². The van der Waals surface area contributed by atoms with Crippen molar-refractivity contribution in [3.05, 3.63) is 0 Å². The lowest BCUT2D eigenvalue weighted by atomic mass is 10.1. The Morgan fingerprint density at radius 3 is 1.85 bits per heavy atom. The van der Waals surface area contributed by atoms with Gasteiger partial charge in [-0.05, 0) is 12.8 Å². The van der Waals surface area contributed by atoms with E-state index >= 15 is 0 Å². The molecule has 3 N–H and O–H groups in total. The molecule has 0 spiro atoms. The van der Waals surface area contributed by atoms with Gasteiger partial charge in [0.1, 0.15) is 12.1 Å². The average Bonchev–Trinajstić information content (AvgIpc) is 2.38. The highest BCUT2D eigenvalue weighted by Gasteiger charge is 2.25. The van der Waals surface area contributed by atoms with Gasteiger partial charge in [-0.15, -0.1) is 0 Å². The van der Waals surface area contributed by atoms with Crippen molar-refractivity contribution in [3.63, 3.8) is 0 Å². The van der Waals surface area contributed by atoms with E-state index in [0.29, 0.717) is 12.8 Å². The number of amides is 2. The maximum atomic E-state index is 12.1. The average molecular weight is 286 g/mol. The first-order valence-electron chi connectivity index (χ1n) is 7.22. The number of hydrogen-bond acceptors (Lipinski definition) is 3. The Morgan fingerprint density at radius 2 is 1.45 bits per heavy atom. The number of rotatable bonds is 10. The van der Waals surface area contributed by atoms with Crippen LogP contribution in [-0.2, 0) is 14.4 Å². The van der Waals surface area contributed by atoms with Crippen LogP contribution < -0.4 is 10.6 Å². The molecule has 0 fully saturated rings. The lowest BCUT2D eigenvalue weighted by molar-refractivity contribution is -0.142. The Bertz CT molecular complexity index is 331. The molecule has 0 aromatic heterocycles. The topological polar surface area (TPSA) is 95.5 Å². The van der Waals surface area contributed by atoms with Crippen molar-refractivity contribution < 1.29 is 19.5 Å². The van der Waals surface area contributed by atoms with Gasteiger partial charge in [0.05, 0.1) is 0 Å². The molecule has 0 aliphatic rings. The van der Waals surface area contributed by atoms with Crippen LogP contribution in [-0.4, -0.2) is 35.0 Å². The number of carboxylic acid groups (broad SMARTS) is 1. The van der Waals surface area contributed by atoms with Crippen molar-refractivity contribution in [2.75, 3.05) is 0 Å². The molecule has 0 aromatic rings. The largest absolute Gasteiger partial charge is 0.480 e. The highest BCUT2D eigenvalue weighted by atomic mass is 16.4. The molecule has 0 radical (unpaired) electrons. The van der Waals surface area contributed by atoms with E-state index in [4.69, 9.17) is 5.11 Å². The predicted octanol–water partition coefficient (Wildman–Crippen LogP) is 1.44. The van der Waals surface area contributed by atoms with Gasteiger partial charge in [0.2, 0.25) is 11.8 Å². The van der Waals surface area contributed by atoms with Crippen LogP contribution in [0.3, 0.4) is 0 Å². The molecule has 0 bridgehead atoms. The summed E-state index contributed by atoms with van der Waals surface area (Å²) in [5.74, 6) is -1.75. The summed E-state index contributed by atoms with van der Waals surface area (Å²) >= 11 is 0. The van der Waals surface area contributed by atoms with Crippen LogP contribution in [0.5, 0.6) is 0 Å². The smallest absolute Gasteiger partial charge is 0.326 e. The maximum Gasteiger partial charge on any atom is 0.326 e. The van der Waals surface area contributed by atoms with E-state index in [2.05, 4.69) is 10.6 Å². The first-order chi connectivity index (χ1) is 9.42. The monoisotopic (exact) mass is 286 g/mol. The van der Waals surface area contributed by atoms with E-state index in [9.17, 15) is 14.4 Å². The summed E-state index contributed by atoms with van der Waals surface area (Å²) in [7, 11) is 0. The maximum absolute atomic E-state index is 12.1. The molecule has 20 heavy (non-hydrogen) atoms. The Balaban J connectivity index is 4.59. The summed E-state index contributed by atoms with van der Waals surface area (Å²) in [6, 6.07) is -1.55. The second-order valence-electron chi connectivity index (χ2n) is 4.94. The van der Waals surface area contributed by atoms with Crippen LogP contribution in [0.2, 0.25) is 0 Å². The molecule has 0 unspecified atom stereocenters. The second kappa shape index (κ2) is 10.2. The number of hydrogen-bond donors (Lipinski definition) is 3. The number of aliphatic carboxylic acids is 1. The molecule has 0 saturated carbocycles. The van der Waals surface area contributed by atoms with E-state index in [1.807, 2.05) is 13.8 Å². The van der Waals surface area contributed by atoms with Gasteiger partial charge in [-0.2, -0.15) is 0 Å². The first-order valence-corrected chi connectivity index (χ1v) is 7.22. The van der Waals surface area contributed by atoms with Crippen molar-refractivity contribution in [1.82, 2.24) is 10.6 Å². The molecule has 2 amide bonds. The molecular formula is C14H26N2O4. The molecular weight excluding hydrogens is 260 g/mol. The van der Waals surface area contributed by atoms with Crippen LogP contribution >= 0.6 is 0 Å². The van der Waals surface area contributed by atoms with E-state index < -0.39 is 24.0 Å². The number of carboxylic acids is 1. The minimum absolute atomic E-state index is 0.290. The van der Waals surface area contributed by atoms with Gasteiger partial charge in [0, 0.05) is 6.92 Å². The van der Waals surface area contributed by atoms with E-state index in [1.165, 1.54) is 6.92 Å². The molecule has 0 heterocycles. The third-order valence-corrected chi connectivity index (χ3v) is 3.00. The quantitative estimate of drug-likeness (QED) is 0.566. The van der Waals surface area contributed by atoms with Crippen LogP contribution in [0.15, 0.2) is 0 Å². The predicted molar refractivity (Wildman–Crippen MR) is 76.2 cm³/mol. The van der Waals surface area contributed by atoms with Crippen LogP contribution in [0, 0.1) is 0 Å². The van der Waals surface area contributed by atoms with Gasteiger partial charge >= 0.3 is 5.97 Å². The SMILES string of the molecule is CCCC[C@H](NC(=O)[C@H](CCCC)NC(C)=O)C(=O)O. The van der Waals surface area contributed by atoms with E-state index in [1.54, 1.807) is 0 Å². The van der Waals surface area contributed by atoms with Gasteiger partial charge in [-0.1, -0.05) is 39.5 Å². The first kappa shape index (κ1) is 18.4. The fraction of sp³-hybridized carbons (Fsp3) is 0.786. The number of unbranched alkanes of at least 4 members (excludes halogenated alkanes) is 2. The standard InChI is InChI=1S/C14H26N2O4/c1-4-6-8-11(15-10(3)17)13(18)16-12(14(19)20)9-7-5-2/h11-12H,4-9H2,1-3H3,(H,15,17)(H,16,18)(H,19,20)/t11-,12-/m0/s1. The van der Waals surface area contributed by atoms with Gasteiger partial charge < -0.3 is 15.7 Å². The lowest BCUT2D eigenvalue weighted by Crippen LogP contribution is -2.51. The van der Waals surface area contributed by atoms with Gasteiger partial charge in [0.25, 0.3) is 0 Å². The molecule has 6 nitrogen and oxygen atoms in total. The highest BCUT2D eigenvalue weighted by molar-refractivity contribution is 5.89. The zero-order valence-electron chi connectivity index (χ0n) is 12.6. The highest BCUT2D eigenvalue weighted by Crippen LogP contribution is 2.05. The Hall–Kier alpha value is -1.59. The summed E-state index contributed by atoms with van der Waals surface area (Å²) in [5, 5.41) is 14.2. The fourth-order valence-corrected chi connectivity index (χ4v) is 1.86. The lowest BCUT2D eigenvalue weighted by Gasteiger charge is -2.20. The fourth-order valence-electron chi connectivity index (χ4n) is 1.86. The number of nitrogens with one attached hydrogen (secondary N) is 2. The summed E-state index contributed by atoms with van der Waals surface area (Å²) in [6.07, 6.45) is 4.22. The van der Waals surface area contributed by atoms with Crippen LogP contribution in [0.4, 0.5) is 0 Å². The summed E-state index contributed by atoms with van der Waals surface area (Å²) < 4.78 is 0. The molecule has 2 atom stereocenters. The normalized spacial score (nSPS) is 13.3. The minimum Gasteiger partial charge on any atom is -0.480 e. The zero-order valence-corrected chi connectivity index (χ0v) is 12.6. The summed E-state index contributed by atoms with van der Waals surface area (Å²) in [5.41, 5.74) is 0. The third-order valence-electron chi connectivity index (χ3n) is 3.00. The second-order valence-corrected chi connectivity index (χ2v) is 4.94. The van der Waals surface area contributed by atoms with Gasteiger partial charge in [-0.25, -0.2) is 4.79 Å². The van der Waals surface area contributed by atoms with E-state index in [-0.39, 0.29) is 5.91 Å². The number of carbonyl (C=O) groups is 3. The van der Waals surface area contributed by atoms with Crippen molar-refractivity contribution in [3.8, 4) is 0 Å². The van der Waals surface area contributed by atoms with Crippen molar-refractivity contribution in [2.24, 2.45) is 0 Å². The van der Waals surface area contributed by atoms with Crippen molar-refractivity contribution in [2.45, 2.75) is 71.4 Å². The molecule has 0 rings (SSSR count). The summed E-state index contributed by atoms with van der Waals surface area (Å²) in [6.45, 7) is 5.30. The zero-order chi connectivity index (χ0) is 15.5. The third kappa shape index (κ3) is 7.76. The molecule has 0 aliphatic heterocycles. The molecule has 0 aliphatic carbocycles. The molecule has 0 saturated heterocycles. The van der Waals surface area contributed by atoms with Crippen molar-refractivity contribution >= 4 is 17.8 Å². The Labute approximate surface area is 120 Å². The summed E-state index contributed by atoms with van der Waals surface area (Å²) in [4.78, 5) is 34.3. The molecule has 116 valence electrons. The van der Waals surface area contributed by atoms with Crippen molar-refractivity contribution in [1.29, 1.82) is 0 Å². The Kier molecular flexibility index (Phi) is 9.41. The minimum atomic E-state index is -1.04.